The van der Waals surface area contributed by atoms with Crippen molar-refractivity contribution in [2.75, 3.05) is 20.2 Å². The summed E-state index contributed by atoms with van der Waals surface area (Å²) >= 11 is 0. The summed E-state index contributed by atoms with van der Waals surface area (Å²) in [5.74, 6) is -2.56. The zero-order valence-electron chi connectivity index (χ0n) is 32.6. The fourth-order valence-electron chi connectivity index (χ4n) is 7.77. The lowest BCUT2D eigenvalue weighted by atomic mass is 9.95. The van der Waals surface area contributed by atoms with Crippen LogP contribution in [-0.4, -0.2) is 87.4 Å². The summed E-state index contributed by atoms with van der Waals surface area (Å²) in [6, 6.07) is 18.9. The number of aromatic nitrogens is 2. The average molecular weight is 767 g/mol. The maximum Gasteiger partial charge on any atom is 0.411 e. The number of fused-ring (bicyclic) bond motifs is 1. The van der Waals surface area contributed by atoms with Gasteiger partial charge in [-0.1, -0.05) is 62.4 Å². The number of alkyl halides is 2. The van der Waals surface area contributed by atoms with E-state index in [9.17, 15) is 23.2 Å². The average Bonchev–Trinajstić information content (AvgIpc) is 3.98. The van der Waals surface area contributed by atoms with E-state index in [0.29, 0.717) is 24.5 Å². The zero-order chi connectivity index (χ0) is 39.9. The fraction of sp³-hybridized carbons (Fsp3) is 0.419. The fourth-order valence-corrected chi connectivity index (χ4v) is 7.77. The molecule has 56 heavy (non-hydrogen) atoms. The molecule has 3 amide bonds. The highest BCUT2D eigenvalue weighted by atomic mass is 19.3. The van der Waals surface area contributed by atoms with E-state index in [4.69, 9.17) is 9.47 Å². The number of benzene rings is 3. The van der Waals surface area contributed by atoms with E-state index >= 15 is 0 Å². The first kappa shape index (κ1) is 38.7. The lowest BCUT2D eigenvalue weighted by molar-refractivity contribution is -0.135. The molecule has 0 spiro atoms. The van der Waals surface area contributed by atoms with Crippen molar-refractivity contribution >= 4 is 40.2 Å². The molecule has 2 N–H and O–H groups in total. The molecule has 3 aliphatic heterocycles. The molecule has 2 saturated heterocycles. The monoisotopic (exact) mass is 766 g/mol. The molecule has 0 aliphatic carbocycles. The SMILES string of the molecule is COC(=O)N[C@H](C(=O)N1CCC[C@H]1c1ncc(-c2ccc3cc(-c4ccc(C5=CN=C([C@@H]6CC(F)(F)CN6C(=O)OC(C)(C)C)C5)cc4)ccc3c2)[nH]1)C(C)C. The molecule has 11 nitrogen and oxygen atoms in total. The first-order valence-corrected chi connectivity index (χ1v) is 19.1. The summed E-state index contributed by atoms with van der Waals surface area (Å²) in [4.78, 5) is 53.9. The number of aliphatic imine (C=N–C) groups is 1. The third kappa shape index (κ3) is 8.17. The molecule has 0 bridgehead atoms. The number of carbonyl (C=O) groups excluding carboxylic acids is 3. The summed E-state index contributed by atoms with van der Waals surface area (Å²) in [7, 11) is 1.28. The normalized spacial score (nSPS) is 19.9. The van der Waals surface area contributed by atoms with Crippen molar-refractivity contribution < 1.29 is 32.6 Å². The maximum absolute atomic E-state index is 14.5. The third-order valence-electron chi connectivity index (χ3n) is 10.6. The van der Waals surface area contributed by atoms with Crippen LogP contribution in [0.1, 0.15) is 77.7 Å². The van der Waals surface area contributed by atoms with Crippen LogP contribution in [0.15, 0.2) is 78.1 Å². The van der Waals surface area contributed by atoms with Gasteiger partial charge in [-0.25, -0.2) is 23.4 Å². The number of aromatic amines is 1. The highest BCUT2D eigenvalue weighted by Crippen LogP contribution is 2.38. The van der Waals surface area contributed by atoms with Gasteiger partial charge in [-0.2, -0.15) is 0 Å². The van der Waals surface area contributed by atoms with Crippen LogP contribution in [0.25, 0.3) is 38.7 Å². The third-order valence-corrected chi connectivity index (χ3v) is 10.6. The minimum absolute atomic E-state index is 0.115. The van der Waals surface area contributed by atoms with Gasteiger partial charge in [-0.05, 0) is 84.7 Å². The maximum atomic E-state index is 14.5. The molecule has 3 atom stereocenters. The van der Waals surface area contributed by atoms with Crippen molar-refractivity contribution in [2.45, 2.75) is 90.0 Å². The number of alkyl carbamates (subject to hydrolysis) is 1. The van der Waals surface area contributed by atoms with E-state index in [0.717, 1.165) is 62.0 Å². The Labute approximate surface area is 325 Å². The number of ether oxygens (including phenoxy) is 2. The number of amides is 3. The van der Waals surface area contributed by atoms with Crippen LogP contribution in [-0.2, 0) is 14.3 Å². The zero-order valence-corrected chi connectivity index (χ0v) is 32.6. The smallest absolute Gasteiger partial charge is 0.411 e. The molecule has 294 valence electrons. The summed E-state index contributed by atoms with van der Waals surface area (Å²) in [5, 5.41) is 4.82. The lowest BCUT2D eigenvalue weighted by Crippen LogP contribution is -2.51. The molecule has 3 aliphatic rings. The van der Waals surface area contributed by atoms with Crippen LogP contribution in [0.4, 0.5) is 18.4 Å². The highest BCUT2D eigenvalue weighted by Gasteiger charge is 2.50. The van der Waals surface area contributed by atoms with Crippen LogP contribution in [0.2, 0.25) is 0 Å². The van der Waals surface area contributed by atoms with Crippen molar-refractivity contribution in [1.82, 2.24) is 25.1 Å². The van der Waals surface area contributed by atoms with E-state index in [2.05, 4.69) is 50.6 Å². The Balaban J connectivity index is 1.01. The molecule has 2 fully saturated rings. The van der Waals surface area contributed by atoms with Gasteiger partial charge in [-0.15, -0.1) is 0 Å². The molecule has 7 rings (SSSR count). The summed E-state index contributed by atoms with van der Waals surface area (Å²) in [6.45, 7) is 8.83. The molecule has 4 heterocycles. The number of likely N-dealkylation sites (tertiary alicyclic amines) is 2. The first-order valence-electron chi connectivity index (χ1n) is 19.1. The molecule has 0 saturated carbocycles. The number of halogens is 2. The van der Waals surface area contributed by atoms with E-state index in [1.165, 1.54) is 7.11 Å². The van der Waals surface area contributed by atoms with Gasteiger partial charge in [0.2, 0.25) is 5.91 Å². The van der Waals surface area contributed by atoms with Crippen molar-refractivity contribution in [3.05, 3.63) is 84.4 Å². The standard InChI is InChI=1S/C43H48F2N6O5/c1-25(2)37(49-40(53)55-6)39(52)50-17-7-8-35(50)38-47-23-34(48-38)31-16-15-29-18-28(13-14-30(29)19-31)26-9-11-27(12-10-26)32-20-33(46-22-32)36-21-43(44,45)24-51(36)41(54)56-42(3,4)5/h9-16,18-19,22-23,25,35-37H,7-8,17,20-21,24H2,1-6H3,(H,47,48)(H,49,53)/t35-,36-,37-/m0/s1. The molecular formula is C43H48F2N6O5. The molecular weight excluding hydrogens is 719 g/mol. The van der Waals surface area contributed by atoms with Gasteiger partial charge in [-0.3, -0.25) is 14.7 Å². The van der Waals surface area contributed by atoms with Gasteiger partial charge in [0.05, 0.1) is 37.6 Å². The Bertz CT molecular complexity index is 2210. The predicted molar refractivity (Wildman–Crippen MR) is 211 cm³/mol. The number of hydrogen-bond acceptors (Lipinski definition) is 7. The van der Waals surface area contributed by atoms with Crippen LogP contribution in [0.3, 0.4) is 0 Å². The first-order chi connectivity index (χ1) is 26.6. The van der Waals surface area contributed by atoms with Crippen LogP contribution < -0.4 is 5.32 Å². The minimum Gasteiger partial charge on any atom is -0.453 e. The van der Waals surface area contributed by atoms with Crippen molar-refractivity contribution in [1.29, 1.82) is 0 Å². The Morgan fingerprint density at radius 2 is 1.59 bits per heavy atom. The quantitative estimate of drug-likeness (QED) is 0.185. The number of rotatable bonds is 8. The molecule has 1 aromatic heterocycles. The van der Waals surface area contributed by atoms with Crippen molar-refractivity contribution in [2.24, 2.45) is 10.9 Å². The summed E-state index contributed by atoms with van der Waals surface area (Å²) < 4.78 is 39.2. The van der Waals surface area contributed by atoms with E-state index in [-0.39, 0.29) is 17.9 Å². The Morgan fingerprint density at radius 3 is 2.27 bits per heavy atom. The summed E-state index contributed by atoms with van der Waals surface area (Å²) in [5.41, 5.74) is 5.48. The van der Waals surface area contributed by atoms with Crippen LogP contribution in [0, 0.1) is 5.92 Å². The molecule has 4 aromatic rings. The predicted octanol–water partition coefficient (Wildman–Crippen LogP) is 8.77. The van der Waals surface area contributed by atoms with Gasteiger partial charge in [0, 0.05) is 36.9 Å². The minimum atomic E-state index is -3.01. The van der Waals surface area contributed by atoms with Gasteiger partial charge < -0.3 is 24.7 Å². The second-order valence-corrected chi connectivity index (χ2v) is 16.2. The number of nitrogens with zero attached hydrogens (tertiary/aromatic N) is 4. The van der Waals surface area contributed by atoms with Gasteiger partial charge in [0.25, 0.3) is 5.92 Å². The Hall–Kier alpha value is -5.59. The van der Waals surface area contributed by atoms with E-state index < -0.39 is 48.8 Å². The number of H-pyrrole nitrogens is 1. The van der Waals surface area contributed by atoms with E-state index in [1.807, 2.05) is 44.2 Å². The number of nitrogens with one attached hydrogen (secondary N) is 2. The second kappa shape index (κ2) is 15.2. The lowest BCUT2D eigenvalue weighted by Gasteiger charge is -2.30. The summed E-state index contributed by atoms with van der Waals surface area (Å²) in [6.07, 6.45) is 3.63. The van der Waals surface area contributed by atoms with Crippen LogP contribution >= 0.6 is 0 Å². The molecule has 3 aromatic carbocycles. The second-order valence-electron chi connectivity index (χ2n) is 16.2. The highest BCUT2D eigenvalue weighted by molar-refractivity contribution is 6.03. The largest absolute Gasteiger partial charge is 0.453 e. The number of carbonyl (C=O) groups is 3. The molecule has 0 unspecified atom stereocenters. The Morgan fingerprint density at radius 1 is 0.929 bits per heavy atom. The molecule has 0 radical (unpaired) electrons. The van der Waals surface area contributed by atoms with Gasteiger partial charge in [0.1, 0.15) is 17.5 Å². The number of methoxy groups -OCH3 is 1. The number of imidazole rings is 1. The van der Waals surface area contributed by atoms with Crippen LogP contribution in [0.5, 0.6) is 0 Å². The topological polar surface area (TPSA) is 129 Å². The van der Waals surface area contributed by atoms with Crippen molar-refractivity contribution in [3.63, 3.8) is 0 Å². The van der Waals surface area contributed by atoms with E-state index in [1.54, 1.807) is 38.1 Å². The van der Waals surface area contributed by atoms with Gasteiger partial charge >= 0.3 is 12.2 Å². The molecule has 13 heteroatoms. The number of hydrogen-bond donors (Lipinski definition) is 2. The van der Waals surface area contributed by atoms with Crippen molar-refractivity contribution in [3.8, 4) is 22.4 Å². The van der Waals surface area contributed by atoms with Gasteiger partial charge in [0.15, 0.2) is 0 Å². The Kier molecular flexibility index (Phi) is 10.5. The number of allylic oxidation sites excluding steroid dienone is 1.